The van der Waals surface area contributed by atoms with Crippen molar-refractivity contribution in [2.24, 2.45) is 0 Å². The minimum atomic E-state index is 0.842. The average molecular weight is 1130 g/mol. The molecule has 0 saturated carbocycles. The Morgan fingerprint density at radius 1 is 0.159 bits per heavy atom. The van der Waals surface area contributed by atoms with E-state index in [0.29, 0.717) is 0 Å². The third kappa shape index (κ3) is 9.30. The standard InChI is InChI=1S/C82H56N6/c1-49-33-73-63-40-62-41-64(42-63)74-34-50(2)52(4)36-76(74)82-32-26-58(48-88-82)79-29-23-55(45-85-79)67-15-7-10-18-70(67)61-38-59(68-16-8-5-13-65(68)53-21-27-77(83-43-53)56-24-30-80(86-46-56)72-20-12-11-19-71(62)72)37-60(39-61)69-17-9-6-14-66(69)54-22-28-78(84-44-54)57-25-31-81(87-47-57)75(73)35-51(49)3/h5-48H,1-4H3. The van der Waals surface area contributed by atoms with Crippen LogP contribution in [-0.2, 0) is 0 Å². The molecule has 0 unspecified atom stereocenters. The second-order valence-corrected chi connectivity index (χ2v) is 23.3. The Labute approximate surface area is 507 Å². The second-order valence-electron chi connectivity index (χ2n) is 23.3. The van der Waals surface area contributed by atoms with Gasteiger partial charge in [0, 0.05) is 85.7 Å². The molecule has 0 aliphatic carbocycles. The number of hydrogen-bond acceptors (Lipinski definition) is 6. The number of nitrogens with zero attached hydrogens (tertiary/aromatic N) is 6. The molecule has 414 valence electrons. The third-order valence-corrected chi connectivity index (χ3v) is 17.9. The quantitative estimate of drug-likeness (QED) is 0.151. The molecule has 18 bridgehead atoms. The fourth-order valence-electron chi connectivity index (χ4n) is 12.9. The highest BCUT2D eigenvalue weighted by atomic mass is 14.7. The summed E-state index contributed by atoms with van der Waals surface area (Å²) in [5.74, 6) is 0. The van der Waals surface area contributed by atoms with Crippen LogP contribution in [0.25, 0.3) is 162 Å². The zero-order chi connectivity index (χ0) is 59.0. The molecule has 0 amide bonds. The molecule has 0 aliphatic rings. The molecule has 6 nitrogen and oxygen atoms in total. The Kier molecular flexibility index (Phi) is 12.7. The first-order valence-electron chi connectivity index (χ1n) is 29.9. The first-order chi connectivity index (χ1) is 43.2. The normalized spacial score (nSPS) is 11.6. The molecule has 24 heterocycles. The van der Waals surface area contributed by atoms with Crippen molar-refractivity contribution in [1.29, 1.82) is 0 Å². The van der Waals surface area contributed by atoms with E-state index in [1.807, 2.05) is 37.2 Å². The van der Waals surface area contributed by atoms with Crippen LogP contribution in [0.5, 0.6) is 0 Å². The molecule has 35 rings (SSSR count). The lowest BCUT2D eigenvalue weighted by Crippen LogP contribution is -1.86. The summed E-state index contributed by atoms with van der Waals surface area (Å²) in [5.41, 5.74) is 9.91. The van der Waals surface area contributed by atoms with E-state index in [4.69, 9.17) is 29.9 Å². The Bertz CT molecular complexity index is 5690. The van der Waals surface area contributed by atoms with Crippen molar-refractivity contribution in [2.45, 2.75) is 27.7 Å². The molecule has 0 radical (unpaired) electrons. The van der Waals surface area contributed by atoms with Crippen molar-refractivity contribution in [1.82, 2.24) is 29.9 Å². The van der Waals surface area contributed by atoms with E-state index in [-0.39, 0.29) is 0 Å². The summed E-state index contributed by atoms with van der Waals surface area (Å²) < 4.78 is 0. The van der Waals surface area contributed by atoms with Crippen LogP contribution in [0.3, 0.4) is 0 Å². The summed E-state index contributed by atoms with van der Waals surface area (Å²) in [6.07, 6.45) is 11.9. The Hall–Kier alpha value is -11.3. The molecule has 0 aliphatic heterocycles. The summed E-state index contributed by atoms with van der Waals surface area (Å²) in [4.78, 5) is 31.3. The van der Waals surface area contributed by atoms with Gasteiger partial charge in [0.1, 0.15) is 0 Å². The second kappa shape index (κ2) is 21.3. The van der Waals surface area contributed by atoms with Gasteiger partial charge in [0.05, 0.1) is 33.1 Å². The van der Waals surface area contributed by atoms with Crippen molar-refractivity contribution in [2.75, 3.05) is 0 Å². The molecule has 11 aromatic carbocycles. The van der Waals surface area contributed by atoms with Gasteiger partial charge in [-0.1, -0.05) is 127 Å². The number of aromatic nitrogens is 6. The summed E-state index contributed by atoms with van der Waals surface area (Å²) in [6.45, 7) is 8.77. The van der Waals surface area contributed by atoms with E-state index in [1.165, 1.54) is 22.3 Å². The number of benzene rings is 8. The van der Waals surface area contributed by atoms with Crippen LogP contribution < -0.4 is 0 Å². The lowest BCUT2D eigenvalue weighted by molar-refractivity contribution is 1.36. The Balaban J connectivity index is 1.14. The van der Waals surface area contributed by atoms with Gasteiger partial charge in [-0.05, 0) is 234 Å². The maximum Gasteiger partial charge on any atom is 0.0717 e. The lowest BCUT2D eigenvalue weighted by Gasteiger charge is -2.09. The first-order valence-corrected chi connectivity index (χ1v) is 29.9. The van der Waals surface area contributed by atoms with Crippen LogP contribution in [0.15, 0.2) is 268 Å². The third-order valence-electron chi connectivity index (χ3n) is 17.9. The minimum absolute atomic E-state index is 0.842. The van der Waals surface area contributed by atoms with Gasteiger partial charge in [0.25, 0.3) is 0 Å². The molecule has 35 aromatic rings. The van der Waals surface area contributed by atoms with E-state index in [1.54, 1.807) is 0 Å². The molecule has 0 spiro atoms. The topological polar surface area (TPSA) is 77.3 Å². The van der Waals surface area contributed by atoms with Crippen molar-refractivity contribution in [3.8, 4) is 0 Å². The van der Waals surface area contributed by atoms with E-state index < -0.39 is 0 Å². The van der Waals surface area contributed by atoms with E-state index in [0.717, 1.165) is 162 Å². The van der Waals surface area contributed by atoms with Gasteiger partial charge in [0.2, 0.25) is 0 Å². The Morgan fingerprint density at radius 2 is 0.364 bits per heavy atom. The molecule has 0 N–H and O–H groups in total. The number of rotatable bonds is 0. The van der Waals surface area contributed by atoms with E-state index >= 15 is 0 Å². The predicted molar refractivity (Wildman–Crippen MR) is 374 cm³/mol. The van der Waals surface area contributed by atoms with Gasteiger partial charge in [-0.3, -0.25) is 29.9 Å². The maximum absolute atomic E-state index is 5.27. The fourth-order valence-corrected chi connectivity index (χ4v) is 12.9. The maximum atomic E-state index is 5.27. The van der Waals surface area contributed by atoms with Gasteiger partial charge in [-0.2, -0.15) is 0 Å². The largest absolute Gasteiger partial charge is 0.256 e. The van der Waals surface area contributed by atoms with Crippen LogP contribution in [0.2, 0.25) is 0 Å². The summed E-state index contributed by atoms with van der Waals surface area (Å²) in [5, 5.41) is 25.1. The summed E-state index contributed by atoms with van der Waals surface area (Å²) >= 11 is 0. The van der Waals surface area contributed by atoms with Gasteiger partial charge in [0.15, 0.2) is 0 Å². The van der Waals surface area contributed by atoms with Crippen LogP contribution in [0.1, 0.15) is 22.3 Å². The SMILES string of the molecule is Cc1cc2c3cc4cc(c3)c3cc(C)c(C)cc3c3ccc(cn3)c3ccc(cn3)c3ccccc3c3cc(cc(c3)c3ccccc3c3ccc(nc3)c3ccc(nc3)c2cc1C)c1ccccc1c1ccc(nc1)c1ccc(nc1)c1ccccc41. The molecule has 24 aromatic heterocycles. The van der Waals surface area contributed by atoms with Crippen LogP contribution in [0.4, 0.5) is 0 Å². The smallest absolute Gasteiger partial charge is 0.0717 e. The lowest BCUT2D eigenvalue weighted by atomic mass is 9.96. The first kappa shape index (κ1) is 52.2. The molecule has 0 saturated heterocycles. The van der Waals surface area contributed by atoms with E-state index in [2.05, 4.69) is 258 Å². The van der Waals surface area contributed by atoms with Crippen LogP contribution >= 0.6 is 0 Å². The van der Waals surface area contributed by atoms with Crippen molar-refractivity contribution < 1.29 is 0 Å². The fraction of sp³-hybridized carbons (Fsp3) is 0.0488. The van der Waals surface area contributed by atoms with E-state index in [9.17, 15) is 0 Å². The molecule has 6 heteroatoms. The average Bonchev–Trinajstić information content (AvgIpc) is 1.58. The highest BCUT2D eigenvalue weighted by Gasteiger charge is 2.11. The number of aryl methyl sites for hydroxylation is 4. The van der Waals surface area contributed by atoms with Crippen molar-refractivity contribution in [3.05, 3.63) is 290 Å². The zero-order valence-electron chi connectivity index (χ0n) is 49.1. The van der Waals surface area contributed by atoms with Crippen molar-refractivity contribution >= 4 is 162 Å². The van der Waals surface area contributed by atoms with Gasteiger partial charge >= 0.3 is 0 Å². The van der Waals surface area contributed by atoms with Crippen molar-refractivity contribution in [3.63, 3.8) is 0 Å². The van der Waals surface area contributed by atoms with Gasteiger partial charge in [-0.25, -0.2) is 0 Å². The minimum Gasteiger partial charge on any atom is -0.256 e. The van der Waals surface area contributed by atoms with Crippen LogP contribution in [0, 0.1) is 27.7 Å². The highest BCUT2D eigenvalue weighted by molar-refractivity contribution is 6.17. The molecular weight excluding hydrogens is 1070 g/mol. The number of hydrogen-bond donors (Lipinski definition) is 0. The predicted octanol–water partition coefficient (Wildman–Crippen LogP) is 21.6. The van der Waals surface area contributed by atoms with Gasteiger partial charge < -0.3 is 0 Å². The highest BCUT2D eigenvalue weighted by Crippen LogP contribution is 2.36. The molecule has 0 fully saturated rings. The molecular formula is C82H56N6. The van der Waals surface area contributed by atoms with Gasteiger partial charge in [-0.15, -0.1) is 0 Å². The summed E-state index contributed by atoms with van der Waals surface area (Å²) in [6, 6.07) is 83.7. The molecule has 88 heavy (non-hydrogen) atoms. The number of pyridine rings is 6. The van der Waals surface area contributed by atoms with Crippen LogP contribution in [-0.4, -0.2) is 29.9 Å². The zero-order valence-corrected chi connectivity index (χ0v) is 49.1. The summed E-state index contributed by atoms with van der Waals surface area (Å²) in [7, 11) is 0. The monoisotopic (exact) mass is 1120 g/mol. The Morgan fingerprint density at radius 3 is 0.636 bits per heavy atom. The molecule has 0 atom stereocenters.